The highest BCUT2D eigenvalue weighted by molar-refractivity contribution is 5.81. The molecule has 1 aromatic rings. The summed E-state index contributed by atoms with van der Waals surface area (Å²) >= 11 is 0. The van der Waals surface area contributed by atoms with E-state index in [-0.39, 0.29) is 0 Å². The van der Waals surface area contributed by atoms with Crippen molar-refractivity contribution in [2.45, 2.75) is 46.5 Å². The van der Waals surface area contributed by atoms with Gasteiger partial charge in [0, 0.05) is 0 Å². The van der Waals surface area contributed by atoms with E-state index in [0.29, 0.717) is 36.2 Å². The number of hydrogen-bond acceptors (Lipinski definition) is 3. The molecule has 0 N–H and O–H groups in total. The van der Waals surface area contributed by atoms with Crippen molar-refractivity contribution in [1.82, 2.24) is 0 Å². The molecule has 1 aromatic carbocycles. The highest BCUT2D eigenvalue weighted by Gasteiger charge is 2.13. The molecule has 0 aliphatic carbocycles. The van der Waals surface area contributed by atoms with Gasteiger partial charge >= 0.3 is 0 Å². The average molecular weight is 278 g/mol. The Bertz CT molecular complexity index is 401. The minimum absolute atomic E-state index is 0.532. The van der Waals surface area contributed by atoms with Crippen LogP contribution in [-0.4, -0.2) is 19.5 Å². The molecule has 0 heterocycles. The average Bonchev–Trinajstić information content (AvgIpc) is 2.48. The van der Waals surface area contributed by atoms with Gasteiger partial charge in [0.1, 0.15) is 0 Å². The van der Waals surface area contributed by atoms with E-state index in [1.807, 2.05) is 19.1 Å². The monoisotopic (exact) mass is 278 g/mol. The maximum absolute atomic E-state index is 11.1. The van der Waals surface area contributed by atoms with Crippen molar-refractivity contribution in [2.75, 3.05) is 13.2 Å². The van der Waals surface area contributed by atoms with Crippen LogP contribution in [0.15, 0.2) is 18.2 Å². The number of para-hydroxylation sites is 1. The molecule has 0 aliphatic heterocycles. The zero-order valence-corrected chi connectivity index (χ0v) is 12.9. The zero-order chi connectivity index (χ0) is 14.8. The topological polar surface area (TPSA) is 35.5 Å². The summed E-state index contributed by atoms with van der Waals surface area (Å²) in [6.07, 6.45) is 5.50. The molecule has 0 radical (unpaired) electrons. The van der Waals surface area contributed by atoms with E-state index in [9.17, 15) is 4.79 Å². The Labute approximate surface area is 122 Å². The van der Waals surface area contributed by atoms with Crippen LogP contribution in [0, 0.1) is 5.92 Å². The minimum atomic E-state index is 0.532. The van der Waals surface area contributed by atoms with Gasteiger partial charge in [-0.05, 0) is 31.4 Å². The number of hydrogen-bond donors (Lipinski definition) is 0. The SMILES string of the molecule is CCCCC(CC)COc1c(C=O)cccc1OCC. The Balaban J connectivity index is 2.76. The van der Waals surface area contributed by atoms with Crippen molar-refractivity contribution in [3.05, 3.63) is 23.8 Å². The molecule has 0 fully saturated rings. The van der Waals surface area contributed by atoms with Crippen LogP contribution in [0.4, 0.5) is 0 Å². The van der Waals surface area contributed by atoms with Gasteiger partial charge in [0.05, 0.1) is 18.8 Å². The molecule has 3 heteroatoms. The standard InChI is InChI=1S/C17H26O3/c1-4-7-9-14(5-2)13-20-17-15(12-18)10-8-11-16(17)19-6-3/h8,10-12,14H,4-7,9,13H2,1-3H3. The second-order valence-electron chi connectivity index (χ2n) is 4.95. The van der Waals surface area contributed by atoms with Crippen LogP contribution in [0.3, 0.4) is 0 Å². The van der Waals surface area contributed by atoms with Crippen molar-refractivity contribution in [3.8, 4) is 11.5 Å². The van der Waals surface area contributed by atoms with Gasteiger partial charge in [0.25, 0.3) is 0 Å². The molecule has 0 spiro atoms. The Morgan fingerprint density at radius 1 is 1.20 bits per heavy atom. The van der Waals surface area contributed by atoms with Gasteiger partial charge in [0.15, 0.2) is 17.8 Å². The van der Waals surface area contributed by atoms with Crippen LogP contribution in [0.5, 0.6) is 11.5 Å². The summed E-state index contributed by atoms with van der Waals surface area (Å²) in [6, 6.07) is 5.42. The highest BCUT2D eigenvalue weighted by atomic mass is 16.5. The number of aldehydes is 1. The van der Waals surface area contributed by atoms with Gasteiger partial charge in [0.2, 0.25) is 0 Å². The third-order valence-corrected chi connectivity index (χ3v) is 3.44. The van der Waals surface area contributed by atoms with Crippen LogP contribution in [0.1, 0.15) is 56.8 Å². The molecule has 112 valence electrons. The Morgan fingerprint density at radius 2 is 2.00 bits per heavy atom. The smallest absolute Gasteiger partial charge is 0.171 e. The van der Waals surface area contributed by atoms with E-state index in [1.54, 1.807) is 6.07 Å². The summed E-state index contributed by atoms with van der Waals surface area (Å²) in [5.74, 6) is 1.77. The molecule has 1 atom stereocenters. The first-order valence-corrected chi connectivity index (χ1v) is 7.60. The van der Waals surface area contributed by atoms with E-state index < -0.39 is 0 Å². The summed E-state index contributed by atoms with van der Waals surface area (Å²) in [7, 11) is 0. The fraction of sp³-hybridized carbons (Fsp3) is 0.588. The molecule has 1 unspecified atom stereocenters. The first kappa shape index (κ1) is 16.5. The third-order valence-electron chi connectivity index (χ3n) is 3.44. The van der Waals surface area contributed by atoms with E-state index in [0.717, 1.165) is 12.7 Å². The molecular formula is C17H26O3. The second-order valence-corrected chi connectivity index (χ2v) is 4.95. The molecule has 20 heavy (non-hydrogen) atoms. The largest absolute Gasteiger partial charge is 0.490 e. The quantitative estimate of drug-likeness (QED) is 0.591. The molecule has 0 bridgehead atoms. The lowest BCUT2D eigenvalue weighted by Gasteiger charge is -2.18. The fourth-order valence-corrected chi connectivity index (χ4v) is 2.15. The van der Waals surface area contributed by atoms with Crippen molar-refractivity contribution < 1.29 is 14.3 Å². The molecule has 1 rings (SSSR count). The normalized spacial score (nSPS) is 11.9. The van der Waals surface area contributed by atoms with Gasteiger partial charge in [-0.15, -0.1) is 0 Å². The van der Waals surface area contributed by atoms with Crippen LogP contribution in [-0.2, 0) is 0 Å². The molecule has 3 nitrogen and oxygen atoms in total. The van der Waals surface area contributed by atoms with E-state index >= 15 is 0 Å². The zero-order valence-electron chi connectivity index (χ0n) is 12.9. The summed E-state index contributed by atoms with van der Waals surface area (Å²) in [4.78, 5) is 11.1. The van der Waals surface area contributed by atoms with Crippen molar-refractivity contribution in [2.24, 2.45) is 5.92 Å². The summed E-state index contributed by atoms with van der Waals surface area (Å²) in [6.45, 7) is 7.50. The van der Waals surface area contributed by atoms with Gasteiger partial charge in [-0.1, -0.05) is 39.2 Å². The van der Waals surface area contributed by atoms with E-state index in [1.165, 1.54) is 19.3 Å². The van der Waals surface area contributed by atoms with Crippen LogP contribution in [0.2, 0.25) is 0 Å². The van der Waals surface area contributed by atoms with Gasteiger partial charge in [-0.25, -0.2) is 0 Å². The van der Waals surface area contributed by atoms with Crippen LogP contribution in [0.25, 0.3) is 0 Å². The van der Waals surface area contributed by atoms with Crippen molar-refractivity contribution in [1.29, 1.82) is 0 Å². The number of benzene rings is 1. The summed E-state index contributed by atoms with van der Waals surface area (Å²) in [5.41, 5.74) is 0.557. The third kappa shape index (κ3) is 4.87. The maximum Gasteiger partial charge on any atom is 0.171 e. The molecule has 0 saturated carbocycles. The molecular weight excluding hydrogens is 252 g/mol. The maximum atomic E-state index is 11.1. The Kier molecular flexibility index (Phi) is 7.78. The lowest BCUT2D eigenvalue weighted by molar-refractivity contribution is 0.111. The predicted octanol–water partition coefficient (Wildman–Crippen LogP) is 4.49. The van der Waals surface area contributed by atoms with Gasteiger partial charge in [-0.2, -0.15) is 0 Å². The number of ether oxygens (including phenoxy) is 2. The van der Waals surface area contributed by atoms with Gasteiger partial charge in [-0.3, -0.25) is 4.79 Å². The second kappa shape index (κ2) is 9.40. The Hall–Kier alpha value is -1.51. The number of carbonyl (C=O) groups is 1. The van der Waals surface area contributed by atoms with Crippen LogP contribution >= 0.6 is 0 Å². The van der Waals surface area contributed by atoms with E-state index in [2.05, 4.69) is 13.8 Å². The van der Waals surface area contributed by atoms with Crippen LogP contribution < -0.4 is 9.47 Å². The highest BCUT2D eigenvalue weighted by Crippen LogP contribution is 2.31. The van der Waals surface area contributed by atoms with Gasteiger partial charge < -0.3 is 9.47 Å². The Morgan fingerprint density at radius 3 is 2.60 bits per heavy atom. The summed E-state index contributed by atoms with van der Waals surface area (Å²) < 4.78 is 11.4. The molecule has 0 amide bonds. The first-order chi connectivity index (χ1) is 9.76. The number of rotatable bonds is 10. The molecule has 0 aromatic heterocycles. The molecule has 0 aliphatic rings. The van der Waals surface area contributed by atoms with E-state index in [4.69, 9.17) is 9.47 Å². The minimum Gasteiger partial charge on any atom is -0.490 e. The lowest BCUT2D eigenvalue weighted by Crippen LogP contribution is -2.13. The summed E-state index contributed by atoms with van der Waals surface area (Å²) in [5, 5.41) is 0. The number of unbranched alkanes of at least 4 members (excludes halogenated alkanes) is 1. The number of carbonyl (C=O) groups excluding carboxylic acids is 1. The molecule has 0 saturated heterocycles. The lowest BCUT2D eigenvalue weighted by atomic mass is 10.0. The first-order valence-electron chi connectivity index (χ1n) is 7.60. The van der Waals surface area contributed by atoms with Crippen molar-refractivity contribution in [3.63, 3.8) is 0 Å². The van der Waals surface area contributed by atoms with Crippen molar-refractivity contribution >= 4 is 6.29 Å². The fourth-order valence-electron chi connectivity index (χ4n) is 2.15. The predicted molar refractivity (Wildman–Crippen MR) is 81.8 cm³/mol.